The number of carbonyl (C=O) groups excluding carboxylic acids is 3. The summed E-state index contributed by atoms with van der Waals surface area (Å²) in [4.78, 5) is 38.0. The van der Waals surface area contributed by atoms with Crippen LogP contribution in [0.25, 0.3) is 0 Å². The van der Waals surface area contributed by atoms with E-state index in [-0.39, 0.29) is 30.2 Å². The standard InChI is InChI=1S/C22H28N2O4/c1-2-3-5-16-6-4-7-19(28-16)14-8-9-17-15(12-14)13-24(22(17)27)18-10-11-20(25)23-21(18)26/h8-9,12,16,18-19H,2-7,10-11,13H2,1H3,(H,23,25,26)/t16-,18?,19+/m1/s1. The summed E-state index contributed by atoms with van der Waals surface area (Å²) < 4.78 is 6.33. The topological polar surface area (TPSA) is 75.7 Å². The quantitative estimate of drug-likeness (QED) is 0.791. The van der Waals surface area contributed by atoms with E-state index in [2.05, 4.69) is 18.3 Å². The molecule has 1 N–H and O–H groups in total. The van der Waals surface area contributed by atoms with Crippen LogP contribution >= 0.6 is 0 Å². The Labute approximate surface area is 165 Å². The van der Waals surface area contributed by atoms with Crippen LogP contribution in [0, 0.1) is 0 Å². The Morgan fingerprint density at radius 2 is 2.04 bits per heavy atom. The summed E-state index contributed by atoms with van der Waals surface area (Å²) in [7, 11) is 0. The first-order chi connectivity index (χ1) is 13.6. The van der Waals surface area contributed by atoms with Crippen molar-refractivity contribution in [2.45, 2.75) is 83.1 Å². The molecule has 6 heteroatoms. The fraction of sp³-hybridized carbons (Fsp3) is 0.591. The summed E-state index contributed by atoms with van der Waals surface area (Å²) in [6.07, 6.45) is 7.86. The number of benzene rings is 1. The van der Waals surface area contributed by atoms with E-state index < -0.39 is 6.04 Å². The predicted octanol–water partition coefficient (Wildman–Crippen LogP) is 3.25. The summed E-state index contributed by atoms with van der Waals surface area (Å²) in [6.45, 7) is 2.62. The van der Waals surface area contributed by atoms with Gasteiger partial charge in [-0.1, -0.05) is 31.9 Å². The van der Waals surface area contributed by atoms with Crippen molar-refractivity contribution in [2.24, 2.45) is 0 Å². The second-order valence-corrected chi connectivity index (χ2v) is 8.14. The van der Waals surface area contributed by atoms with E-state index in [4.69, 9.17) is 4.74 Å². The lowest BCUT2D eigenvalue weighted by atomic mass is 9.94. The minimum Gasteiger partial charge on any atom is -0.370 e. The number of imide groups is 1. The zero-order valence-corrected chi connectivity index (χ0v) is 16.4. The number of amides is 3. The third-order valence-electron chi connectivity index (χ3n) is 6.15. The molecule has 0 radical (unpaired) electrons. The number of hydrogen-bond donors (Lipinski definition) is 1. The molecule has 0 aromatic heterocycles. The summed E-state index contributed by atoms with van der Waals surface area (Å²) in [5.74, 6) is -0.756. The molecule has 0 spiro atoms. The maximum absolute atomic E-state index is 12.8. The van der Waals surface area contributed by atoms with E-state index in [1.807, 2.05) is 12.1 Å². The number of nitrogens with zero attached hydrogens (tertiary/aromatic N) is 1. The predicted molar refractivity (Wildman–Crippen MR) is 103 cm³/mol. The number of piperidine rings is 1. The van der Waals surface area contributed by atoms with Crippen LogP contribution in [-0.2, 0) is 20.9 Å². The molecule has 3 aliphatic rings. The minimum absolute atomic E-state index is 0.0839. The summed E-state index contributed by atoms with van der Waals surface area (Å²) >= 11 is 0. The van der Waals surface area contributed by atoms with Gasteiger partial charge in [-0.2, -0.15) is 0 Å². The molecule has 2 fully saturated rings. The normalized spacial score (nSPS) is 27.7. The van der Waals surface area contributed by atoms with Crippen molar-refractivity contribution in [3.63, 3.8) is 0 Å². The van der Waals surface area contributed by atoms with Crippen LogP contribution < -0.4 is 5.32 Å². The van der Waals surface area contributed by atoms with Crippen LogP contribution in [0.2, 0.25) is 0 Å². The monoisotopic (exact) mass is 384 g/mol. The van der Waals surface area contributed by atoms with E-state index in [0.717, 1.165) is 36.8 Å². The van der Waals surface area contributed by atoms with Gasteiger partial charge in [-0.05, 0) is 49.3 Å². The third-order valence-corrected chi connectivity index (χ3v) is 6.15. The van der Waals surface area contributed by atoms with Gasteiger partial charge in [-0.15, -0.1) is 0 Å². The van der Waals surface area contributed by atoms with Gasteiger partial charge < -0.3 is 9.64 Å². The molecule has 2 saturated heterocycles. The van der Waals surface area contributed by atoms with Gasteiger partial charge >= 0.3 is 0 Å². The third kappa shape index (κ3) is 3.70. The minimum atomic E-state index is -0.564. The molecule has 0 bridgehead atoms. The molecule has 1 unspecified atom stereocenters. The summed E-state index contributed by atoms with van der Waals surface area (Å²) in [6, 6.07) is 5.38. The lowest BCUT2D eigenvalue weighted by molar-refractivity contribution is -0.136. The molecular weight excluding hydrogens is 356 g/mol. The molecule has 3 heterocycles. The van der Waals surface area contributed by atoms with Crippen molar-refractivity contribution in [3.05, 3.63) is 34.9 Å². The Bertz CT molecular complexity index is 791. The molecule has 0 saturated carbocycles. The SMILES string of the molecule is CCCC[C@@H]1CCC[C@@H](c2ccc3c(c2)CN(C2CCC(=O)NC2=O)C3=O)O1. The van der Waals surface area contributed by atoms with E-state index >= 15 is 0 Å². The first kappa shape index (κ1) is 19.1. The van der Waals surface area contributed by atoms with Crippen molar-refractivity contribution in [3.8, 4) is 0 Å². The fourth-order valence-electron chi connectivity index (χ4n) is 4.58. The Balaban J connectivity index is 1.48. The highest BCUT2D eigenvalue weighted by Crippen LogP contribution is 2.36. The van der Waals surface area contributed by atoms with Gasteiger partial charge in [-0.25, -0.2) is 0 Å². The zero-order chi connectivity index (χ0) is 19.7. The van der Waals surface area contributed by atoms with Gasteiger partial charge in [0.2, 0.25) is 11.8 Å². The van der Waals surface area contributed by atoms with Crippen molar-refractivity contribution in [1.29, 1.82) is 0 Å². The van der Waals surface area contributed by atoms with Crippen molar-refractivity contribution in [1.82, 2.24) is 10.2 Å². The Morgan fingerprint density at radius 1 is 1.18 bits per heavy atom. The highest BCUT2D eigenvalue weighted by molar-refractivity contribution is 6.05. The molecule has 0 aliphatic carbocycles. The largest absolute Gasteiger partial charge is 0.370 e. The second-order valence-electron chi connectivity index (χ2n) is 8.14. The molecule has 1 aromatic rings. The Hall–Kier alpha value is -2.21. The van der Waals surface area contributed by atoms with Crippen molar-refractivity contribution in [2.75, 3.05) is 0 Å². The first-order valence-electron chi connectivity index (χ1n) is 10.5. The van der Waals surface area contributed by atoms with Gasteiger partial charge in [0.25, 0.3) is 5.91 Å². The van der Waals surface area contributed by atoms with E-state index in [1.165, 1.54) is 12.8 Å². The Kier molecular flexibility index (Phi) is 5.49. The molecule has 3 amide bonds. The molecule has 28 heavy (non-hydrogen) atoms. The number of nitrogens with one attached hydrogen (secondary N) is 1. The number of ether oxygens (including phenoxy) is 1. The highest BCUT2D eigenvalue weighted by atomic mass is 16.5. The molecule has 4 rings (SSSR count). The van der Waals surface area contributed by atoms with Crippen LogP contribution in [0.5, 0.6) is 0 Å². The smallest absolute Gasteiger partial charge is 0.255 e. The number of unbranched alkanes of at least 4 members (excludes halogenated alkanes) is 1. The molecule has 150 valence electrons. The van der Waals surface area contributed by atoms with Gasteiger partial charge in [0.05, 0.1) is 12.2 Å². The van der Waals surface area contributed by atoms with Gasteiger partial charge in [0.15, 0.2) is 0 Å². The Morgan fingerprint density at radius 3 is 2.82 bits per heavy atom. The van der Waals surface area contributed by atoms with E-state index in [1.54, 1.807) is 4.90 Å². The van der Waals surface area contributed by atoms with Crippen LogP contribution in [-0.4, -0.2) is 34.8 Å². The number of carbonyl (C=O) groups is 3. The lowest BCUT2D eigenvalue weighted by Gasteiger charge is -2.30. The van der Waals surface area contributed by atoms with Gasteiger partial charge in [0, 0.05) is 18.5 Å². The number of hydrogen-bond acceptors (Lipinski definition) is 4. The molecule has 6 nitrogen and oxygen atoms in total. The molecule has 1 aromatic carbocycles. The van der Waals surface area contributed by atoms with Gasteiger partial charge in [-0.3, -0.25) is 19.7 Å². The fourth-order valence-corrected chi connectivity index (χ4v) is 4.58. The van der Waals surface area contributed by atoms with E-state index in [9.17, 15) is 14.4 Å². The van der Waals surface area contributed by atoms with Crippen molar-refractivity contribution < 1.29 is 19.1 Å². The maximum Gasteiger partial charge on any atom is 0.255 e. The first-order valence-corrected chi connectivity index (χ1v) is 10.5. The summed E-state index contributed by atoms with van der Waals surface area (Å²) in [5, 5.41) is 2.35. The van der Waals surface area contributed by atoms with Gasteiger partial charge in [0.1, 0.15) is 6.04 Å². The van der Waals surface area contributed by atoms with E-state index in [0.29, 0.717) is 24.6 Å². The number of rotatable bonds is 5. The second kappa shape index (κ2) is 8.03. The average molecular weight is 384 g/mol. The highest BCUT2D eigenvalue weighted by Gasteiger charge is 2.39. The lowest BCUT2D eigenvalue weighted by Crippen LogP contribution is -2.52. The van der Waals surface area contributed by atoms with Crippen molar-refractivity contribution >= 4 is 17.7 Å². The molecule has 3 atom stereocenters. The average Bonchev–Trinajstić information content (AvgIpc) is 3.02. The van der Waals surface area contributed by atoms with Crippen LogP contribution in [0.15, 0.2) is 18.2 Å². The van der Waals surface area contributed by atoms with Crippen LogP contribution in [0.1, 0.15) is 85.9 Å². The molecule has 3 aliphatic heterocycles. The van der Waals surface area contributed by atoms with Crippen LogP contribution in [0.3, 0.4) is 0 Å². The van der Waals surface area contributed by atoms with Crippen LogP contribution in [0.4, 0.5) is 0 Å². The number of fused-ring (bicyclic) bond motifs is 1. The zero-order valence-electron chi connectivity index (χ0n) is 16.4. The molecular formula is C22H28N2O4. The maximum atomic E-state index is 12.8. The summed E-state index contributed by atoms with van der Waals surface area (Å²) in [5.41, 5.74) is 2.73.